The van der Waals surface area contributed by atoms with Crippen molar-refractivity contribution in [3.05, 3.63) is 16.0 Å². The van der Waals surface area contributed by atoms with Crippen LogP contribution in [0.4, 0.5) is 5.00 Å². The Labute approximate surface area is 117 Å². The molecular weight excluding hydrogens is 262 g/mol. The van der Waals surface area contributed by atoms with Crippen LogP contribution in [-0.4, -0.2) is 24.9 Å². The maximum Gasteiger partial charge on any atom is 0.254 e. The summed E-state index contributed by atoms with van der Waals surface area (Å²) in [5.74, 6) is -0.400. The maximum absolute atomic E-state index is 12.1. The molecule has 0 fully saturated rings. The van der Waals surface area contributed by atoms with Crippen LogP contribution in [0.2, 0.25) is 0 Å². The van der Waals surface area contributed by atoms with E-state index in [1.807, 2.05) is 27.7 Å². The van der Waals surface area contributed by atoms with E-state index in [1.54, 1.807) is 0 Å². The third kappa shape index (κ3) is 3.78. The minimum atomic E-state index is -0.189. The zero-order valence-corrected chi connectivity index (χ0v) is 12.6. The molecule has 0 bridgehead atoms. The number of rotatable bonds is 5. The number of carbonyl (C=O) groups is 2. The minimum Gasteiger partial charge on any atom is -0.351 e. The van der Waals surface area contributed by atoms with E-state index < -0.39 is 0 Å². The number of hydrogen-bond donors (Lipinski definition) is 3. The lowest BCUT2D eigenvalue weighted by atomic mass is 10.1. The van der Waals surface area contributed by atoms with Crippen molar-refractivity contribution in [3.8, 4) is 0 Å². The van der Waals surface area contributed by atoms with E-state index in [0.29, 0.717) is 23.7 Å². The molecule has 0 spiro atoms. The van der Waals surface area contributed by atoms with Crippen LogP contribution in [0.3, 0.4) is 0 Å². The van der Waals surface area contributed by atoms with Gasteiger partial charge in [-0.05, 0) is 19.4 Å². The second-order valence-corrected chi connectivity index (χ2v) is 5.90. The van der Waals surface area contributed by atoms with Gasteiger partial charge in [0.1, 0.15) is 5.00 Å². The first kappa shape index (κ1) is 15.7. The molecule has 0 aromatic carbocycles. The molecule has 5 nitrogen and oxygen atoms in total. The number of thiophene rings is 1. The molecule has 19 heavy (non-hydrogen) atoms. The van der Waals surface area contributed by atoms with E-state index in [0.717, 1.165) is 10.4 Å². The molecule has 0 aliphatic heterocycles. The fourth-order valence-corrected chi connectivity index (χ4v) is 2.58. The third-order valence-electron chi connectivity index (χ3n) is 2.80. The highest BCUT2D eigenvalue weighted by Crippen LogP contribution is 2.32. The van der Waals surface area contributed by atoms with E-state index in [1.165, 1.54) is 11.3 Å². The van der Waals surface area contributed by atoms with Gasteiger partial charge in [-0.2, -0.15) is 0 Å². The van der Waals surface area contributed by atoms with Crippen LogP contribution in [0, 0.1) is 19.8 Å². The molecule has 0 aliphatic rings. The molecule has 1 aromatic heterocycles. The highest BCUT2D eigenvalue weighted by atomic mass is 32.1. The Bertz CT molecular complexity index is 480. The van der Waals surface area contributed by atoms with Crippen LogP contribution in [0.5, 0.6) is 0 Å². The Morgan fingerprint density at radius 1 is 1.32 bits per heavy atom. The maximum atomic E-state index is 12.1. The molecule has 0 atom stereocenters. The molecule has 0 aliphatic carbocycles. The molecule has 106 valence electrons. The second-order valence-electron chi connectivity index (χ2n) is 4.68. The Morgan fingerprint density at radius 3 is 2.47 bits per heavy atom. The van der Waals surface area contributed by atoms with Crippen molar-refractivity contribution in [1.29, 1.82) is 0 Å². The molecule has 1 rings (SSSR count). The van der Waals surface area contributed by atoms with Crippen LogP contribution in [-0.2, 0) is 4.79 Å². The molecule has 0 radical (unpaired) electrons. The summed E-state index contributed by atoms with van der Waals surface area (Å²) in [6.45, 7) is 8.26. The highest BCUT2D eigenvalue weighted by molar-refractivity contribution is 7.16. The van der Waals surface area contributed by atoms with Crippen molar-refractivity contribution in [2.75, 3.05) is 18.4 Å². The fraction of sp³-hybridized carbons (Fsp3) is 0.538. The van der Waals surface area contributed by atoms with Gasteiger partial charge in [-0.3, -0.25) is 9.59 Å². The number of amides is 2. The van der Waals surface area contributed by atoms with Crippen LogP contribution in [0.1, 0.15) is 34.6 Å². The average Bonchev–Trinajstić information content (AvgIpc) is 2.62. The summed E-state index contributed by atoms with van der Waals surface area (Å²) in [4.78, 5) is 24.9. The van der Waals surface area contributed by atoms with Gasteiger partial charge in [0.2, 0.25) is 5.91 Å². The van der Waals surface area contributed by atoms with Gasteiger partial charge < -0.3 is 16.4 Å². The van der Waals surface area contributed by atoms with Gasteiger partial charge in [0.15, 0.2) is 0 Å². The van der Waals surface area contributed by atoms with Gasteiger partial charge in [0.25, 0.3) is 5.91 Å². The van der Waals surface area contributed by atoms with Gasteiger partial charge in [-0.15, -0.1) is 11.3 Å². The standard InChI is InChI=1S/C13H21N3O2S/c1-7(2)11(17)16-13-10(8(3)9(4)19-13)12(18)15-6-5-14/h7H,5-6,14H2,1-4H3,(H,15,18)(H,16,17). The summed E-state index contributed by atoms with van der Waals surface area (Å²) in [6, 6.07) is 0. The van der Waals surface area contributed by atoms with E-state index in [2.05, 4.69) is 10.6 Å². The first-order chi connectivity index (χ1) is 8.88. The van der Waals surface area contributed by atoms with Crippen molar-refractivity contribution in [2.45, 2.75) is 27.7 Å². The Morgan fingerprint density at radius 2 is 1.95 bits per heavy atom. The first-order valence-corrected chi connectivity index (χ1v) is 7.09. The molecule has 0 unspecified atom stereocenters. The highest BCUT2D eigenvalue weighted by Gasteiger charge is 2.21. The zero-order chi connectivity index (χ0) is 14.6. The summed E-state index contributed by atoms with van der Waals surface area (Å²) in [6.07, 6.45) is 0. The average molecular weight is 283 g/mol. The molecule has 0 saturated carbocycles. The van der Waals surface area contributed by atoms with Crippen molar-refractivity contribution < 1.29 is 9.59 Å². The van der Waals surface area contributed by atoms with E-state index >= 15 is 0 Å². The summed E-state index contributed by atoms with van der Waals surface area (Å²) >= 11 is 1.42. The summed E-state index contributed by atoms with van der Waals surface area (Å²) in [7, 11) is 0. The van der Waals surface area contributed by atoms with E-state index in [9.17, 15) is 9.59 Å². The number of aryl methyl sites for hydroxylation is 1. The normalized spacial score (nSPS) is 10.6. The van der Waals surface area contributed by atoms with Gasteiger partial charge in [-0.25, -0.2) is 0 Å². The third-order valence-corrected chi connectivity index (χ3v) is 3.93. The molecule has 6 heteroatoms. The topological polar surface area (TPSA) is 84.2 Å². The van der Waals surface area contributed by atoms with Crippen LogP contribution < -0.4 is 16.4 Å². The van der Waals surface area contributed by atoms with Crippen LogP contribution >= 0.6 is 11.3 Å². The Kier molecular flexibility index (Phi) is 5.50. The van der Waals surface area contributed by atoms with Gasteiger partial charge >= 0.3 is 0 Å². The molecular formula is C13H21N3O2S. The minimum absolute atomic E-state index is 0.0888. The lowest BCUT2D eigenvalue weighted by molar-refractivity contribution is -0.118. The summed E-state index contributed by atoms with van der Waals surface area (Å²) in [5.41, 5.74) is 6.82. The Balaban J connectivity index is 3.01. The quantitative estimate of drug-likeness (QED) is 0.768. The number of nitrogens with two attached hydrogens (primary N) is 1. The Hall–Kier alpha value is -1.40. The molecule has 1 aromatic rings. The van der Waals surface area contributed by atoms with E-state index in [4.69, 9.17) is 5.73 Å². The smallest absolute Gasteiger partial charge is 0.254 e. The zero-order valence-electron chi connectivity index (χ0n) is 11.8. The van der Waals surface area contributed by atoms with Gasteiger partial charge in [0.05, 0.1) is 5.56 Å². The first-order valence-electron chi connectivity index (χ1n) is 6.27. The number of anilines is 1. The van der Waals surface area contributed by atoms with Crippen molar-refractivity contribution >= 4 is 28.2 Å². The second kappa shape index (κ2) is 6.68. The number of hydrogen-bond acceptors (Lipinski definition) is 4. The largest absolute Gasteiger partial charge is 0.351 e. The monoisotopic (exact) mass is 283 g/mol. The lowest BCUT2D eigenvalue weighted by Gasteiger charge is -2.09. The molecule has 2 amide bonds. The SMILES string of the molecule is Cc1sc(NC(=O)C(C)C)c(C(=O)NCCN)c1C. The van der Waals surface area contributed by atoms with Crippen molar-refractivity contribution in [2.24, 2.45) is 11.7 Å². The van der Waals surface area contributed by atoms with Crippen LogP contribution in [0.25, 0.3) is 0 Å². The van der Waals surface area contributed by atoms with Crippen molar-refractivity contribution in [1.82, 2.24) is 5.32 Å². The lowest BCUT2D eigenvalue weighted by Crippen LogP contribution is -2.30. The van der Waals surface area contributed by atoms with Gasteiger partial charge in [-0.1, -0.05) is 13.8 Å². The summed E-state index contributed by atoms with van der Waals surface area (Å²) < 4.78 is 0. The van der Waals surface area contributed by atoms with Gasteiger partial charge in [0, 0.05) is 23.9 Å². The summed E-state index contributed by atoms with van der Waals surface area (Å²) in [5, 5.41) is 6.17. The molecule has 0 saturated heterocycles. The number of carbonyl (C=O) groups excluding carboxylic acids is 2. The van der Waals surface area contributed by atoms with Crippen LogP contribution in [0.15, 0.2) is 0 Å². The van der Waals surface area contributed by atoms with E-state index in [-0.39, 0.29) is 17.7 Å². The molecule has 4 N–H and O–H groups in total. The number of nitrogens with one attached hydrogen (secondary N) is 2. The molecule has 1 heterocycles. The van der Waals surface area contributed by atoms with Crippen molar-refractivity contribution in [3.63, 3.8) is 0 Å². The predicted octanol–water partition coefficient (Wildman–Crippen LogP) is 1.65. The predicted molar refractivity (Wildman–Crippen MR) is 78.6 cm³/mol. The fourth-order valence-electron chi connectivity index (χ4n) is 1.52.